The maximum atomic E-state index is 12.1. The van der Waals surface area contributed by atoms with Crippen LogP contribution in [0.5, 0.6) is 5.75 Å². The molecule has 0 atom stereocenters. The number of benzene rings is 1. The lowest BCUT2D eigenvalue weighted by Crippen LogP contribution is -2.37. The smallest absolute Gasteiger partial charge is 0.321 e. The molecule has 0 saturated heterocycles. The Morgan fingerprint density at radius 1 is 1.25 bits per heavy atom. The standard InChI is InChI=1S/C15H24N2O3/c1-3-4-5-10-17(11-12-18)15(19)16-13-6-8-14(20-2)9-7-13/h6-9,18H,3-5,10-12H2,1-2H3,(H,16,19). The highest BCUT2D eigenvalue weighted by Gasteiger charge is 2.12. The predicted molar refractivity (Wildman–Crippen MR) is 80.2 cm³/mol. The summed E-state index contributed by atoms with van der Waals surface area (Å²) in [6.45, 7) is 3.11. The zero-order chi connectivity index (χ0) is 14.8. The summed E-state index contributed by atoms with van der Waals surface area (Å²) < 4.78 is 5.07. The molecule has 5 heteroatoms. The number of aliphatic hydroxyl groups excluding tert-OH is 1. The number of anilines is 1. The van der Waals surface area contributed by atoms with E-state index in [2.05, 4.69) is 12.2 Å². The molecule has 112 valence electrons. The third kappa shape index (κ3) is 5.48. The van der Waals surface area contributed by atoms with Crippen LogP contribution in [0.1, 0.15) is 26.2 Å². The number of amides is 2. The molecule has 0 aromatic heterocycles. The number of hydrogen-bond donors (Lipinski definition) is 2. The molecule has 1 aromatic rings. The van der Waals surface area contributed by atoms with Gasteiger partial charge in [0.2, 0.25) is 0 Å². The summed E-state index contributed by atoms with van der Waals surface area (Å²) in [5, 5.41) is 11.9. The quantitative estimate of drug-likeness (QED) is 0.720. The second-order valence-corrected chi connectivity index (χ2v) is 4.58. The first-order chi connectivity index (χ1) is 9.71. The average molecular weight is 280 g/mol. The number of rotatable bonds is 8. The molecule has 0 spiro atoms. The van der Waals surface area contributed by atoms with E-state index in [1.165, 1.54) is 0 Å². The molecule has 2 N–H and O–H groups in total. The Kier molecular flexibility index (Phi) is 7.50. The van der Waals surface area contributed by atoms with Crippen LogP contribution in [-0.4, -0.2) is 42.8 Å². The number of aliphatic hydroxyl groups is 1. The van der Waals surface area contributed by atoms with E-state index in [9.17, 15) is 4.79 Å². The van der Waals surface area contributed by atoms with Gasteiger partial charge in [-0.15, -0.1) is 0 Å². The number of carbonyl (C=O) groups is 1. The summed E-state index contributed by atoms with van der Waals surface area (Å²) >= 11 is 0. The topological polar surface area (TPSA) is 61.8 Å². The van der Waals surface area contributed by atoms with Gasteiger partial charge in [-0.05, 0) is 30.7 Å². The first-order valence-corrected chi connectivity index (χ1v) is 7.02. The van der Waals surface area contributed by atoms with Crippen LogP contribution in [0.25, 0.3) is 0 Å². The molecule has 20 heavy (non-hydrogen) atoms. The van der Waals surface area contributed by atoms with Gasteiger partial charge in [0.1, 0.15) is 5.75 Å². The van der Waals surface area contributed by atoms with Crippen molar-refractivity contribution in [3.8, 4) is 5.75 Å². The van der Waals surface area contributed by atoms with Crippen LogP contribution in [0.4, 0.5) is 10.5 Å². The van der Waals surface area contributed by atoms with Crippen LogP contribution in [0.15, 0.2) is 24.3 Å². The van der Waals surface area contributed by atoms with E-state index in [1.807, 2.05) is 0 Å². The minimum absolute atomic E-state index is 0.0256. The molecule has 0 aliphatic heterocycles. The van der Waals surface area contributed by atoms with Gasteiger partial charge in [-0.1, -0.05) is 19.8 Å². The van der Waals surface area contributed by atoms with Gasteiger partial charge in [0, 0.05) is 18.8 Å². The van der Waals surface area contributed by atoms with Gasteiger partial charge in [0.05, 0.1) is 13.7 Å². The van der Waals surface area contributed by atoms with Crippen LogP contribution in [0.3, 0.4) is 0 Å². The Morgan fingerprint density at radius 3 is 2.50 bits per heavy atom. The Labute approximate surface area is 120 Å². The number of hydrogen-bond acceptors (Lipinski definition) is 3. The van der Waals surface area contributed by atoms with Gasteiger partial charge in [0.15, 0.2) is 0 Å². The van der Waals surface area contributed by atoms with Crippen molar-refractivity contribution in [2.45, 2.75) is 26.2 Å². The number of ether oxygens (including phenoxy) is 1. The Bertz CT molecular complexity index is 393. The molecular formula is C15H24N2O3. The molecule has 0 radical (unpaired) electrons. The number of nitrogens with one attached hydrogen (secondary N) is 1. The Morgan fingerprint density at radius 2 is 1.95 bits per heavy atom. The van der Waals surface area contributed by atoms with Gasteiger partial charge in [-0.2, -0.15) is 0 Å². The van der Waals surface area contributed by atoms with Crippen molar-refractivity contribution in [2.75, 3.05) is 32.1 Å². The average Bonchev–Trinajstić information content (AvgIpc) is 2.47. The summed E-state index contributed by atoms with van der Waals surface area (Å²) in [5.41, 5.74) is 0.717. The van der Waals surface area contributed by atoms with E-state index < -0.39 is 0 Å². The fourth-order valence-corrected chi connectivity index (χ4v) is 1.87. The number of nitrogens with zero attached hydrogens (tertiary/aromatic N) is 1. The van der Waals surface area contributed by atoms with Crippen LogP contribution in [0.2, 0.25) is 0 Å². The molecule has 0 aliphatic rings. The zero-order valence-electron chi connectivity index (χ0n) is 12.3. The molecule has 0 saturated carbocycles. The van der Waals surface area contributed by atoms with E-state index in [0.717, 1.165) is 25.0 Å². The number of methoxy groups -OCH3 is 1. The molecule has 5 nitrogen and oxygen atoms in total. The van der Waals surface area contributed by atoms with Crippen molar-refractivity contribution in [1.29, 1.82) is 0 Å². The van der Waals surface area contributed by atoms with E-state index in [-0.39, 0.29) is 12.6 Å². The van der Waals surface area contributed by atoms with Gasteiger partial charge in [0.25, 0.3) is 0 Å². The van der Waals surface area contributed by atoms with Crippen molar-refractivity contribution >= 4 is 11.7 Å². The van der Waals surface area contributed by atoms with E-state index in [4.69, 9.17) is 9.84 Å². The number of unbranched alkanes of at least 4 members (excludes halogenated alkanes) is 2. The predicted octanol–water partition coefficient (Wildman–Crippen LogP) is 2.71. The van der Waals surface area contributed by atoms with Crippen LogP contribution in [0, 0.1) is 0 Å². The maximum absolute atomic E-state index is 12.1. The van der Waals surface area contributed by atoms with E-state index >= 15 is 0 Å². The van der Waals surface area contributed by atoms with Crippen molar-refractivity contribution in [3.05, 3.63) is 24.3 Å². The minimum atomic E-state index is -0.180. The zero-order valence-corrected chi connectivity index (χ0v) is 12.3. The summed E-state index contributed by atoms with van der Waals surface area (Å²) in [4.78, 5) is 13.8. The highest BCUT2D eigenvalue weighted by atomic mass is 16.5. The monoisotopic (exact) mass is 280 g/mol. The Hall–Kier alpha value is -1.75. The summed E-state index contributed by atoms with van der Waals surface area (Å²) in [7, 11) is 1.60. The molecule has 0 heterocycles. The first kappa shape index (κ1) is 16.3. The molecular weight excluding hydrogens is 256 g/mol. The highest BCUT2D eigenvalue weighted by molar-refractivity contribution is 5.89. The van der Waals surface area contributed by atoms with Crippen LogP contribution >= 0.6 is 0 Å². The molecule has 0 unspecified atom stereocenters. The lowest BCUT2D eigenvalue weighted by Gasteiger charge is -2.22. The van der Waals surface area contributed by atoms with Crippen molar-refractivity contribution in [3.63, 3.8) is 0 Å². The fourth-order valence-electron chi connectivity index (χ4n) is 1.87. The highest BCUT2D eigenvalue weighted by Crippen LogP contribution is 2.15. The molecule has 0 bridgehead atoms. The fraction of sp³-hybridized carbons (Fsp3) is 0.533. The van der Waals surface area contributed by atoms with Crippen LogP contribution in [-0.2, 0) is 0 Å². The largest absolute Gasteiger partial charge is 0.497 e. The SMILES string of the molecule is CCCCCN(CCO)C(=O)Nc1ccc(OC)cc1. The van der Waals surface area contributed by atoms with Gasteiger partial charge < -0.3 is 20.1 Å². The molecule has 1 rings (SSSR count). The molecule has 0 fully saturated rings. The minimum Gasteiger partial charge on any atom is -0.497 e. The number of urea groups is 1. The summed E-state index contributed by atoms with van der Waals surface area (Å²) in [6.07, 6.45) is 3.14. The van der Waals surface area contributed by atoms with E-state index in [1.54, 1.807) is 36.3 Å². The van der Waals surface area contributed by atoms with Gasteiger partial charge >= 0.3 is 6.03 Å². The second kappa shape index (κ2) is 9.20. The summed E-state index contributed by atoms with van der Waals surface area (Å²) in [6, 6.07) is 6.99. The van der Waals surface area contributed by atoms with Crippen molar-refractivity contribution in [2.24, 2.45) is 0 Å². The van der Waals surface area contributed by atoms with E-state index in [0.29, 0.717) is 18.8 Å². The number of carbonyl (C=O) groups excluding carboxylic acids is 1. The van der Waals surface area contributed by atoms with Crippen molar-refractivity contribution < 1.29 is 14.6 Å². The molecule has 2 amide bonds. The first-order valence-electron chi connectivity index (χ1n) is 7.02. The lowest BCUT2D eigenvalue weighted by atomic mass is 10.2. The van der Waals surface area contributed by atoms with Crippen LogP contribution < -0.4 is 10.1 Å². The van der Waals surface area contributed by atoms with Crippen molar-refractivity contribution in [1.82, 2.24) is 4.90 Å². The van der Waals surface area contributed by atoms with Gasteiger partial charge in [-0.25, -0.2) is 4.79 Å². The Balaban J connectivity index is 2.54. The summed E-state index contributed by atoms with van der Waals surface area (Å²) in [5.74, 6) is 0.748. The maximum Gasteiger partial charge on any atom is 0.321 e. The lowest BCUT2D eigenvalue weighted by molar-refractivity contribution is 0.187. The second-order valence-electron chi connectivity index (χ2n) is 4.58. The van der Waals surface area contributed by atoms with Gasteiger partial charge in [-0.3, -0.25) is 0 Å². The third-order valence-corrected chi connectivity index (χ3v) is 3.03. The normalized spacial score (nSPS) is 10.2. The molecule has 1 aromatic carbocycles. The third-order valence-electron chi connectivity index (χ3n) is 3.03. The molecule has 0 aliphatic carbocycles.